The van der Waals surface area contributed by atoms with Crippen molar-refractivity contribution in [2.24, 2.45) is 0 Å². The van der Waals surface area contributed by atoms with Gasteiger partial charge in [-0.25, -0.2) is 0 Å². The average molecular weight is 125 g/mol. The fourth-order valence-corrected chi connectivity index (χ4v) is 0.448. The largest absolute Gasteiger partial charge is 0.599 e. The maximum atomic E-state index is 10.1. The number of nitrogens with zero attached hydrogens (tertiary/aromatic N) is 2. The van der Waals surface area contributed by atoms with Crippen LogP contribution in [0.25, 0.3) is 0 Å². The molecule has 1 N–H and O–H groups in total. The third kappa shape index (κ3) is 1.22. The first-order chi connectivity index (χ1) is 4.30. The molecule has 4 heteroatoms. The van der Waals surface area contributed by atoms with Gasteiger partial charge in [0.2, 0.25) is 0 Å². The van der Waals surface area contributed by atoms with Gasteiger partial charge in [0.25, 0.3) is 0 Å². The Labute approximate surface area is 51.4 Å². The molecule has 0 bridgehead atoms. The minimum Gasteiger partial charge on any atom is -0.427 e. The quantitative estimate of drug-likeness (QED) is 0.492. The molecule has 4 nitrogen and oxygen atoms in total. The van der Waals surface area contributed by atoms with E-state index in [1.54, 1.807) is 0 Å². The highest BCUT2D eigenvalue weighted by atomic mass is 16.4. The van der Waals surface area contributed by atoms with E-state index in [0.717, 1.165) is 4.57 Å². The van der Waals surface area contributed by atoms with Gasteiger partial charge < -0.3 is 5.11 Å². The first-order valence-electron chi connectivity index (χ1n) is 2.35. The van der Waals surface area contributed by atoms with Crippen LogP contribution >= 0.6 is 0 Å². The highest BCUT2D eigenvalue weighted by molar-refractivity contribution is 5.53. The van der Waals surface area contributed by atoms with Crippen molar-refractivity contribution in [2.75, 3.05) is 0 Å². The van der Waals surface area contributed by atoms with Crippen LogP contribution in [0.2, 0.25) is 0 Å². The number of rotatable bonds is 0. The number of aromatic nitrogens is 2. The summed E-state index contributed by atoms with van der Waals surface area (Å²) in [6.45, 7) is 0. The fourth-order valence-electron chi connectivity index (χ4n) is 0.448. The molecule has 46 valence electrons. The summed E-state index contributed by atoms with van der Waals surface area (Å²) in [6.07, 6.45) is 4.55. The second kappa shape index (κ2) is 2.21. The molecule has 0 saturated carbocycles. The van der Waals surface area contributed by atoms with Gasteiger partial charge in [0.1, 0.15) is 0 Å². The standard InChI is InChI=1S/C5H4N2O2/c8-5(9)7-3-1-6-2-4-7/h1-4H/p+1. The zero-order valence-corrected chi connectivity index (χ0v) is 4.56. The number of hydrogen-bond acceptors (Lipinski definition) is 2. The first-order valence-corrected chi connectivity index (χ1v) is 2.35. The highest BCUT2D eigenvalue weighted by Gasteiger charge is 2.07. The SMILES string of the molecule is O=C(O)[n+]1ccncc1. The number of carbonyl (C=O) groups is 1. The molecule has 0 aliphatic heterocycles. The molecule has 0 radical (unpaired) electrons. The third-order valence-electron chi connectivity index (χ3n) is 0.848. The lowest BCUT2D eigenvalue weighted by molar-refractivity contribution is -0.584. The summed E-state index contributed by atoms with van der Waals surface area (Å²) in [4.78, 5) is 13.8. The smallest absolute Gasteiger partial charge is 0.427 e. The van der Waals surface area contributed by atoms with Crippen LogP contribution in [0, 0.1) is 0 Å². The maximum Gasteiger partial charge on any atom is 0.599 e. The van der Waals surface area contributed by atoms with E-state index in [0.29, 0.717) is 0 Å². The molecule has 0 aliphatic carbocycles. The Bertz CT molecular complexity index is 209. The van der Waals surface area contributed by atoms with Crippen molar-refractivity contribution in [3.05, 3.63) is 24.8 Å². The summed E-state index contributed by atoms with van der Waals surface area (Å²) in [5.74, 6) is 0. The second-order valence-electron chi connectivity index (χ2n) is 1.44. The monoisotopic (exact) mass is 125 g/mol. The van der Waals surface area contributed by atoms with Crippen molar-refractivity contribution in [1.82, 2.24) is 4.98 Å². The van der Waals surface area contributed by atoms with Crippen molar-refractivity contribution >= 4 is 6.09 Å². The lowest BCUT2D eigenvalue weighted by atomic mass is 10.7. The van der Waals surface area contributed by atoms with E-state index in [2.05, 4.69) is 4.98 Å². The molecule has 1 aromatic heterocycles. The van der Waals surface area contributed by atoms with E-state index in [4.69, 9.17) is 5.11 Å². The first kappa shape index (κ1) is 5.68. The summed E-state index contributed by atoms with van der Waals surface area (Å²) >= 11 is 0. The maximum absolute atomic E-state index is 10.1. The molecule has 0 aromatic carbocycles. The predicted molar refractivity (Wildman–Crippen MR) is 27.9 cm³/mol. The minimum atomic E-state index is -1.00. The van der Waals surface area contributed by atoms with E-state index in [-0.39, 0.29) is 0 Å². The zero-order valence-electron chi connectivity index (χ0n) is 4.56. The highest BCUT2D eigenvalue weighted by Crippen LogP contribution is 1.68. The van der Waals surface area contributed by atoms with Crippen LogP contribution < -0.4 is 4.57 Å². The van der Waals surface area contributed by atoms with Gasteiger partial charge >= 0.3 is 6.09 Å². The van der Waals surface area contributed by atoms with Gasteiger partial charge in [-0.15, -0.1) is 0 Å². The van der Waals surface area contributed by atoms with Gasteiger partial charge in [0.05, 0.1) is 12.4 Å². The van der Waals surface area contributed by atoms with E-state index in [9.17, 15) is 4.79 Å². The van der Waals surface area contributed by atoms with Gasteiger partial charge in [-0.3, -0.25) is 4.98 Å². The van der Waals surface area contributed by atoms with Crippen LogP contribution in [-0.4, -0.2) is 16.2 Å². The molecule has 0 atom stereocenters. The van der Waals surface area contributed by atoms with Crippen LogP contribution in [0.3, 0.4) is 0 Å². The summed E-state index contributed by atoms with van der Waals surface area (Å²) < 4.78 is 1.02. The zero-order chi connectivity index (χ0) is 6.69. The summed E-state index contributed by atoms with van der Waals surface area (Å²) in [6, 6.07) is 0. The Morgan fingerprint density at radius 1 is 1.44 bits per heavy atom. The third-order valence-corrected chi connectivity index (χ3v) is 0.848. The predicted octanol–water partition coefficient (Wildman–Crippen LogP) is -0.105. The van der Waals surface area contributed by atoms with Crippen molar-refractivity contribution in [2.45, 2.75) is 0 Å². The van der Waals surface area contributed by atoms with E-state index in [1.165, 1.54) is 24.8 Å². The van der Waals surface area contributed by atoms with Gasteiger partial charge in [0, 0.05) is 0 Å². The second-order valence-corrected chi connectivity index (χ2v) is 1.44. The van der Waals surface area contributed by atoms with Crippen LogP contribution in [0.5, 0.6) is 0 Å². The molecular weight excluding hydrogens is 120 g/mol. The van der Waals surface area contributed by atoms with Crippen molar-refractivity contribution in [3.8, 4) is 0 Å². The van der Waals surface area contributed by atoms with Crippen LogP contribution in [0.4, 0.5) is 4.79 Å². The Kier molecular flexibility index (Phi) is 1.40. The molecule has 0 unspecified atom stereocenters. The number of carboxylic acid groups (broad SMARTS) is 1. The van der Waals surface area contributed by atoms with Gasteiger partial charge in [-0.05, 0) is 0 Å². The van der Waals surface area contributed by atoms with Gasteiger partial charge in [0.15, 0.2) is 12.4 Å². The van der Waals surface area contributed by atoms with Crippen molar-refractivity contribution < 1.29 is 14.5 Å². The Morgan fingerprint density at radius 2 is 2.00 bits per heavy atom. The molecule has 1 heterocycles. The minimum absolute atomic E-state index is 1.00. The molecule has 1 rings (SSSR count). The molecule has 0 fully saturated rings. The van der Waals surface area contributed by atoms with Crippen LogP contribution in [0.1, 0.15) is 0 Å². The molecule has 0 amide bonds. The Morgan fingerprint density at radius 3 is 2.33 bits per heavy atom. The van der Waals surface area contributed by atoms with E-state index >= 15 is 0 Å². The van der Waals surface area contributed by atoms with Crippen LogP contribution in [-0.2, 0) is 0 Å². The molecule has 0 spiro atoms. The Balaban J connectivity index is 2.98. The molecule has 9 heavy (non-hydrogen) atoms. The molecule has 1 aromatic rings. The van der Waals surface area contributed by atoms with E-state index in [1.807, 2.05) is 0 Å². The molecular formula is C5H5N2O2+. The average Bonchev–Trinajstić information content (AvgIpc) is 1.90. The van der Waals surface area contributed by atoms with Gasteiger partial charge in [-0.1, -0.05) is 4.57 Å². The fraction of sp³-hybridized carbons (Fsp3) is 0. The molecule has 0 saturated heterocycles. The number of hydrogen-bond donors (Lipinski definition) is 1. The van der Waals surface area contributed by atoms with Crippen molar-refractivity contribution in [3.63, 3.8) is 0 Å². The summed E-state index contributed by atoms with van der Waals surface area (Å²) in [5, 5.41) is 8.32. The van der Waals surface area contributed by atoms with E-state index < -0.39 is 6.09 Å². The molecule has 0 aliphatic rings. The summed E-state index contributed by atoms with van der Waals surface area (Å²) in [5.41, 5.74) is 0. The van der Waals surface area contributed by atoms with Crippen LogP contribution in [0.15, 0.2) is 24.8 Å². The normalized spacial score (nSPS) is 8.89. The van der Waals surface area contributed by atoms with Gasteiger partial charge in [-0.2, -0.15) is 4.79 Å². The topological polar surface area (TPSA) is 54.1 Å². The van der Waals surface area contributed by atoms with Crippen molar-refractivity contribution in [1.29, 1.82) is 0 Å². The summed E-state index contributed by atoms with van der Waals surface area (Å²) in [7, 11) is 0. The Hall–Kier alpha value is -1.45. The lowest BCUT2D eigenvalue weighted by Gasteiger charge is -1.80. The lowest BCUT2D eigenvalue weighted by Crippen LogP contribution is -2.40.